The molecule has 1 saturated heterocycles. The van der Waals surface area contributed by atoms with E-state index in [4.69, 9.17) is 4.98 Å². The van der Waals surface area contributed by atoms with Crippen LogP contribution in [0.4, 0.5) is 4.39 Å². The SMILES string of the molecule is CC(C)n1c(CCC2CCCCN2)nc2ccc(F)cc21. The first-order valence-corrected chi connectivity index (χ1v) is 8.05. The summed E-state index contributed by atoms with van der Waals surface area (Å²) in [5, 5.41) is 3.58. The maximum absolute atomic E-state index is 13.5. The van der Waals surface area contributed by atoms with E-state index in [0.717, 1.165) is 36.2 Å². The number of hydrogen-bond donors (Lipinski definition) is 1. The summed E-state index contributed by atoms with van der Waals surface area (Å²) in [4.78, 5) is 4.73. The van der Waals surface area contributed by atoms with Crippen molar-refractivity contribution in [1.82, 2.24) is 14.9 Å². The van der Waals surface area contributed by atoms with Gasteiger partial charge >= 0.3 is 0 Å². The molecule has 0 spiro atoms. The molecular formula is C17H24FN3. The molecule has 1 aromatic heterocycles. The number of benzene rings is 1. The number of rotatable bonds is 4. The van der Waals surface area contributed by atoms with Gasteiger partial charge < -0.3 is 9.88 Å². The third kappa shape index (κ3) is 3.10. The van der Waals surface area contributed by atoms with Gasteiger partial charge in [-0.3, -0.25) is 0 Å². The summed E-state index contributed by atoms with van der Waals surface area (Å²) in [5.41, 5.74) is 1.81. The van der Waals surface area contributed by atoms with Crippen molar-refractivity contribution in [3.8, 4) is 0 Å². The van der Waals surface area contributed by atoms with Crippen LogP contribution in [0, 0.1) is 5.82 Å². The molecular weight excluding hydrogens is 265 g/mol. The van der Waals surface area contributed by atoms with Gasteiger partial charge in [0.25, 0.3) is 0 Å². The van der Waals surface area contributed by atoms with E-state index >= 15 is 0 Å². The second-order valence-corrected chi connectivity index (χ2v) is 6.31. The Morgan fingerprint density at radius 1 is 1.38 bits per heavy atom. The molecule has 0 amide bonds. The highest BCUT2D eigenvalue weighted by Gasteiger charge is 2.17. The van der Waals surface area contributed by atoms with Gasteiger partial charge in [-0.25, -0.2) is 9.37 Å². The van der Waals surface area contributed by atoms with Crippen molar-refractivity contribution < 1.29 is 4.39 Å². The van der Waals surface area contributed by atoms with Crippen molar-refractivity contribution >= 4 is 11.0 Å². The summed E-state index contributed by atoms with van der Waals surface area (Å²) >= 11 is 0. The highest BCUT2D eigenvalue weighted by atomic mass is 19.1. The van der Waals surface area contributed by atoms with E-state index in [1.54, 1.807) is 12.1 Å². The highest BCUT2D eigenvalue weighted by Crippen LogP contribution is 2.23. The molecule has 3 nitrogen and oxygen atoms in total. The number of halogens is 1. The number of aryl methyl sites for hydroxylation is 1. The van der Waals surface area contributed by atoms with Gasteiger partial charge in [0, 0.05) is 18.5 Å². The van der Waals surface area contributed by atoms with Gasteiger partial charge in [0.05, 0.1) is 11.0 Å². The Labute approximate surface area is 125 Å². The number of imidazole rings is 1. The van der Waals surface area contributed by atoms with Crippen LogP contribution < -0.4 is 5.32 Å². The largest absolute Gasteiger partial charge is 0.325 e. The Morgan fingerprint density at radius 2 is 2.24 bits per heavy atom. The van der Waals surface area contributed by atoms with Crippen LogP contribution in [0.2, 0.25) is 0 Å². The van der Waals surface area contributed by atoms with Gasteiger partial charge in [-0.1, -0.05) is 6.42 Å². The molecule has 114 valence electrons. The smallest absolute Gasteiger partial charge is 0.125 e. The van der Waals surface area contributed by atoms with E-state index in [9.17, 15) is 4.39 Å². The van der Waals surface area contributed by atoms with E-state index in [0.29, 0.717) is 12.1 Å². The number of aromatic nitrogens is 2. The fourth-order valence-electron chi connectivity index (χ4n) is 3.34. The van der Waals surface area contributed by atoms with Crippen molar-refractivity contribution in [2.75, 3.05) is 6.54 Å². The molecule has 1 unspecified atom stereocenters. The highest BCUT2D eigenvalue weighted by molar-refractivity contribution is 5.76. The lowest BCUT2D eigenvalue weighted by molar-refractivity contribution is 0.378. The summed E-state index contributed by atoms with van der Waals surface area (Å²) in [6.45, 7) is 5.40. The maximum Gasteiger partial charge on any atom is 0.125 e. The third-order valence-electron chi connectivity index (χ3n) is 4.37. The zero-order valence-corrected chi connectivity index (χ0v) is 12.9. The summed E-state index contributed by atoms with van der Waals surface area (Å²) in [7, 11) is 0. The van der Waals surface area contributed by atoms with Crippen molar-refractivity contribution in [3.05, 3.63) is 29.8 Å². The molecule has 0 radical (unpaired) electrons. The quantitative estimate of drug-likeness (QED) is 0.927. The van der Waals surface area contributed by atoms with Crippen LogP contribution >= 0.6 is 0 Å². The lowest BCUT2D eigenvalue weighted by Crippen LogP contribution is -2.34. The average molecular weight is 289 g/mol. The van der Waals surface area contributed by atoms with Gasteiger partial charge in [-0.2, -0.15) is 0 Å². The van der Waals surface area contributed by atoms with E-state index in [-0.39, 0.29) is 5.82 Å². The molecule has 1 aliphatic rings. The van der Waals surface area contributed by atoms with E-state index < -0.39 is 0 Å². The van der Waals surface area contributed by atoms with Crippen molar-refractivity contribution in [3.63, 3.8) is 0 Å². The van der Waals surface area contributed by atoms with Gasteiger partial charge in [-0.15, -0.1) is 0 Å². The Kier molecular flexibility index (Phi) is 4.24. The van der Waals surface area contributed by atoms with Crippen LogP contribution in [0.1, 0.15) is 51.4 Å². The van der Waals surface area contributed by atoms with E-state index in [1.807, 2.05) is 0 Å². The van der Waals surface area contributed by atoms with Crippen LogP contribution in [0.5, 0.6) is 0 Å². The summed E-state index contributed by atoms with van der Waals surface area (Å²) < 4.78 is 15.7. The number of piperidine rings is 1. The molecule has 2 heterocycles. The monoisotopic (exact) mass is 289 g/mol. The normalized spacial score (nSPS) is 19.5. The Hall–Kier alpha value is -1.42. The summed E-state index contributed by atoms with van der Waals surface area (Å²) in [6, 6.07) is 5.78. The zero-order chi connectivity index (χ0) is 14.8. The van der Waals surface area contributed by atoms with Crippen LogP contribution in [-0.2, 0) is 6.42 Å². The van der Waals surface area contributed by atoms with E-state index in [2.05, 4.69) is 23.7 Å². The molecule has 1 atom stereocenters. The van der Waals surface area contributed by atoms with Gasteiger partial charge in [-0.05, 0) is 57.9 Å². The second kappa shape index (κ2) is 6.14. The lowest BCUT2D eigenvalue weighted by Gasteiger charge is -2.23. The molecule has 2 aromatic rings. The van der Waals surface area contributed by atoms with Crippen molar-refractivity contribution in [2.24, 2.45) is 0 Å². The van der Waals surface area contributed by atoms with Gasteiger partial charge in [0.15, 0.2) is 0 Å². The van der Waals surface area contributed by atoms with Crippen LogP contribution in [0.3, 0.4) is 0 Å². The summed E-state index contributed by atoms with van der Waals surface area (Å²) in [6.07, 6.45) is 5.94. The third-order valence-corrected chi connectivity index (χ3v) is 4.37. The Balaban J connectivity index is 1.84. The minimum Gasteiger partial charge on any atom is -0.325 e. The van der Waals surface area contributed by atoms with Crippen molar-refractivity contribution in [1.29, 1.82) is 0 Å². The molecule has 1 aliphatic heterocycles. The molecule has 1 fully saturated rings. The summed E-state index contributed by atoms with van der Waals surface area (Å²) in [5.74, 6) is 0.891. The molecule has 21 heavy (non-hydrogen) atoms. The average Bonchev–Trinajstić information content (AvgIpc) is 2.84. The van der Waals surface area contributed by atoms with Crippen LogP contribution in [0.25, 0.3) is 11.0 Å². The minimum absolute atomic E-state index is 0.190. The maximum atomic E-state index is 13.5. The molecule has 1 N–H and O–H groups in total. The standard InChI is InChI=1S/C17H24FN3/c1-12(2)21-16-11-13(18)6-8-15(16)20-17(21)9-7-14-5-3-4-10-19-14/h6,8,11-12,14,19H,3-5,7,9-10H2,1-2H3. The fourth-order valence-corrected chi connectivity index (χ4v) is 3.34. The molecule has 0 saturated carbocycles. The molecule has 1 aromatic carbocycles. The van der Waals surface area contributed by atoms with E-state index in [1.165, 1.54) is 25.3 Å². The first-order chi connectivity index (χ1) is 10.1. The number of fused-ring (bicyclic) bond motifs is 1. The Morgan fingerprint density at radius 3 is 2.95 bits per heavy atom. The predicted molar refractivity (Wildman–Crippen MR) is 84.0 cm³/mol. The molecule has 0 bridgehead atoms. The predicted octanol–water partition coefficient (Wildman–Crippen LogP) is 3.83. The first kappa shape index (κ1) is 14.5. The number of hydrogen-bond acceptors (Lipinski definition) is 2. The fraction of sp³-hybridized carbons (Fsp3) is 0.588. The second-order valence-electron chi connectivity index (χ2n) is 6.31. The minimum atomic E-state index is -0.190. The lowest BCUT2D eigenvalue weighted by atomic mass is 10.0. The molecule has 4 heteroatoms. The van der Waals surface area contributed by atoms with Crippen molar-refractivity contribution in [2.45, 2.75) is 58.0 Å². The zero-order valence-electron chi connectivity index (χ0n) is 12.9. The Bertz CT molecular complexity index is 612. The van der Waals surface area contributed by atoms with Crippen LogP contribution in [-0.4, -0.2) is 22.1 Å². The first-order valence-electron chi connectivity index (χ1n) is 8.05. The molecule has 3 rings (SSSR count). The number of nitrogens with zero attached hydrogens (tertiary/aromatic N) is 2. The topological polar surface area (TPSA) is 29.9 Å². The van der Waals surface area contributed by atoms with Gasteiger partial charge in [0.1, 0.15) is 11.6 Å². The molecule has 0 aliphatic carbocycles. The van der Waals surface area contributed by atoms with Gasteiger partial charge in [0.2, 0.25) is 0 Å². The van der Waals surface area contributed by atoms with Crippen LogP contribution in [0.15, 0.2) is 18.2 Å². The number of nitrogens with one attached hydrogen (secondary N) is 1.